The molecule has 40 heavy (non-hydrogen) atoms. The minimum absolute atomic E-state index is 0.0702. The summed E-state index contributed by atoms with van der Waals surface area (Å²) in [7, 11) is 0. The molecule has 3 rings (SSSR count). The van der Waals surface area contributed by atoms with E-state index in [2.05, 4.69) is 29.6 Å². The van der Waals surface area contributed by atoms with Gasteiger partial charge in [0.25, 0.3) is 5.91 Å². The second-order valence-electron chi connectivity index (χ2n) is 9.83. The van der Waals surface area contributed by atoms with Crippen LogP contribution in [0.15, 0.2) is 24.4 Å². The highest BCUT2D eigenvalue weighted by Crippen LogP contribution is 2.35. The Bertz CT molecular complexity index is 1160. The molecule has 0 spiro atoms. The molecule has 1 aliphatic rings. The lowest BCUT2D eigenvalue weighted by Crippen LogP contribution is -2.36. The lowest BCUT2D eigenvalue weighted by Gasteiger charge is -2.25. The molecule has 1 aliphatic heterocycles. The molecule has 222 valence electrons. The van der Waals surface area contributed by atoms with E-state index in [1.54, 1.807) is 0 Å². The number of benzene rings is 1. The van der Waals surface area contributed by atoms with Crippen LogP contribution in [0.4, 0.5) is 28.9 Å². The number of amides is 3. The van der Waals surface area contributed by atoms with Crippen LogP contribution in [0.25, 0.3) is 0 Å². The fourth-order valence-electron chi connectivity index (χ4n) is 4.08. The zero-order valence-corrected chi connectivity index (χ0v) is 23.5. The van der Waals surface area contributed by atoms with Crippen molar-refractivity contribution in [2.45, 2.75) is 72.0 Å². The number of carbonyl (C=O) groups is 3. The predicted molar refractivity (Wildman–Crippen MR) is 145 cm³/mol. The fraction of sp³-hybridized carbons (Fsp3) is 0.556. The molecule has 1 fully saturated rings. The fourth-order valence-corrected chi connectivity index (χ4v) is 4.08. The number of halogens is 4. The number of nitrogens with one attached hydrogen (secondary N) is 3. The molecule has 1 atom stereocenters. The van der Waals surface area contributed by atoms with Crippen molar-refractivity contribution in [1.29, 1.82) is 0 Å². The molecule has 9 nitrogen and oxygen atoms in total. The van der Waals surface area contributed by atoms with Gasteiger partial charge in [-0.05, 0) is 57.4 Å². The minimum Gasteiger partial charge on any atom is -0.371 e. The number of nitrogens with zero attached hydrogens (tertiary/aromatic N) is 3. The molecule has 2 heterocycles. The Morgan fingerprint density at radius 1 is 1.05 bits per heavy atom. The van der Waals surface area contributed by atoms with Crippen LogP contribution in [0, 0.1) is 5.82 Å². The molecule has 1 unspecified atom stereocenters. The van der Waals surface area contributed by atoms with Gasteiger partial charge in [-0.1, -0.05) is 20.3 Å². The van der Waals surface area contributed by atoms with Crippen molar-refractivity contribution in [3.63, 3.8) is 0 Å². The predicted octanol–water partition coefficient (Wildman–Crippen LogP) is 4.77. The van der Waals surface area contributed by atoms with Gasteiger partial charge >= 0.3 is 6.18 Å². The van der Waals surface area contributed by atoms with Gasteiger partial charge in [-0.15, -0.1) is 0 Å². The number of anilines is 2. The van der Waals surface area contributed by atoms with E-state index in [1.165, 1.54) is 36.4 Å². The van der Waals surface area contributed by atoms with Crippen molar-refractivity contribution >= 4 is 29.1 Å². The number of carbonyl (C=O) groups excluding carboxylic acids is 3. The zero-order chi connectivity index (χ0) is 30.0. The van der Waals surface area contributed by atoms with E-state index >= 15 is 0 Å². The van der Waals surface area contributed by atoms with E-state index in [4.69, 9.17) is 0 Å². The quantitative estimate of drug-likeness (QED) is 0.377. The van der Waals surface area contributed by atoms with Crippen molar-refractivity contribution < 1.29 is 31.9 Å². The summed E-state index contributed by atoms with van der Waals surface area (Å²) >= 11 is 0. The van der Waals surface area contributed by atoms with Crippen molar-refractivity contribution in [2.24, 2.45) is 0 Å². The Hall–Kier alpha value is -3.64. The first-order valence-electron chi connectivity index (χ1n) is 13.3. The van der Waals surface area contributed by atoms with Crippen LogP contribution in [0.3, 0.4) is 0 Å². The first-order valence-corrected chi connectivity index (χ1v) is 13.3. The van der Waals surface area contributed by atoms with E-state index in [9.17, 15) is 31.9 Å². The molecule has 1 aromatic carbocycles. The van der Waals surface area contributed by atoms with Gasteiger partial charge in [0.05, 0.1) is 18.2 Å². The number of rotatable bonds is 9. The molecule has 1 saturated heterocycles. The second kappa shape index (κ2) is 14.7. The summed E-state index contributed by atoms with van der Waals surface area (Å²) in [5.41, 5.74) is 0.772. The molecule has 3 amide bonds. The average Bonchev–Trinajstić information content (AvgIpc) is 3.59. The zero-order valence-electron chi connectivity index (χ0n) is 23.5. The Morgan fingerprint density at radius 2 is 1.68 bits per heavy atom. The second-order valence-corrected chi connectivity index (χ2v) is 9.83. The first kappa shape index (κ1) is 32.6. The van der Waals surface area contributed by atoms with Crippen molar-refractivity contribution in [1.82, 2.24) is 20.4 Å². The molecular weight excluding hydrogens is 532 g/mol. The molecule has 0 aliphatic carbocycles. The molecule has 0 radical (unpaired) electrons. The van der Waals surface area contributed by atoms with E-state index in [-0.39, 0.29) is 23.0 Å². The van der Waals surface area contributed by atoms with Gasteiger partial charge in [0.15, 0.2) is 0 Å². The van der Waals surface area contributed by atoms with Crippen LogP contribution in [0.1, 0.15) is 81.9 Å². The highest BCUT2D eigenvalue weighted by Gasteiger charge is 2.31. The normalized spacial score (nSPS) is 13.9. The summed E-state index contributed by atoms with van der Waals surface area (Å²) in [5, 5.41) is 10.8. The standard InChI is InChI=1S/C24H30F4N6O3.C3H8/c1-14(2)34-19(6-7-31-34)23(37)29-12-21(35)32-18-11-20(33-8-4-5-9-33)16(10-17(18)25)15(3)22(36)30-13-24(26,27)28;1-3-2/h6-7,10-11,14-15H,4-5,8-9,12-13H2,1-3H3,(H,29,37)(H,30,36)(H,32,35);3H2,1-2H3. The third-order valence-electron chi connectivity index (χ3n) is 5.96. The van der Waals surface area contributed by atoms with E-state index in [0.717, 1.165) is 18.9 Å². The van der Waals surface area contributed by atoms with Gasteiger partial charge in [0.2, 0.25) is 11.8 Å². The third kappa shape index (κ3) is 9.23. The highest BCUT2D eigenvalue weighted by molar-refractivity contribution is 5.99. The molecule has 13 heteroatoms. The average molecular weight is 571 g/mol. The lowest BCUT2D eigenvalue weighted by atomic mass is 9.96. The van der Waals surface area contributed by atoms with Crippen LogP contribution in [0.5, 0.6) is 0 Å². The summed E-state index contributed by atoms with van der Waals surface area (Å²) in [5.74, 6) is -4.02. The molecule has 3 N–H and O–H groups in total. The van der Waals surface area contributed by atoms with E-state index in [0.29, 0.717) is 18.8 Å². The number of hydrogen-bond acceptors (Lipinski definition) is 5. The van der Waals surface area contributed by atoms with Gasteiger partial charge in [0, 0.05) is 31.0 Å². The van der Waals surface area contributed by atoms with Gasteiger partial charge in [0.1, 0.15) is 18.1 Å². The first-order chi connectivity index (χ1) is 18.8. The minimum atomic E-state index is -4.57. The molecule has 0 saturated carbocycles. The smallest absolute Gasteiger partial charge is 0.371 e. The number of alkyl halides is 3. The summed E-state index contributed by atoms with van der Waals surface area (Å²) in [4.78, 5) is 39.2. The highest BCUT2D eigenvalue weighted by atomic mass is 19.4. The van der Waals surface area contributed by atoms with Gasteiger partial charge in [-0.25, -0.2) is 4.39 Å². The monoisotopic (exact) mass is 570 g/mol. The summed E-state index contributed by atoms with van der Waals surface area (Å²) in [6.07, 6.45) is -0.148. The van der Waals surface area contributed by atoms with Crippen LogP contribution in [-0.2, 0) is 9.59 Å². The van der Waals surface area contributed by atoms with Crippen LogP contribution in [0.2, 0.25) is 0 Å². The van der Waals surface area contributed by atoms with Crippen LogP contribution >= 0.6 is 0 Å². The SMILES string of the molecule is CC(C(=O)NCC(F)(F)F)c1cc(F)c(NC(=O)CNC(=O)c2ccnn2C(C)C)cc1N1CCCC1.CCC. The van der Waals surface area contributed by atoms with E-state index in [1.807, 2.05) is 24.1 Å². The molecule has 1 aromatic heterocycles. The summed E-state index contributed by atoms with van der Waals surface area (Å²) < 4.78 is 54.1. The Balaban J connectivity index is 0.00000178. The molecule has 2 aromatic rings. The van der Waals surface area contributed by atoms with Crippen LogP contribution in [-0.4, -0.2) is 59.9 Å². The Morgan fingerprint density at radius 3 is 2.25 bits per heavy atom. The van der Waals surface area contributed by atoms with E-state index < -0.39 is 48.7 Å². The maximum Gasteiger partial charge on any atom is 0.405 e. The molecule has 0 bridgehead atoms. The van der Waals surface area contributed by atoms with Crippen LogP contribution < -0.4 is 20.9 Å². The maximum atomic E-state index is 15.0. The van der Waals surface area contributed by atoms with Gasteiger partial charge in [-0.3, -0.25) is 19.1 Å². The largest absolute Gasteiger partial charge is 0.405 e. The maximum absolute atomic E-state index is 15.0. The molecular formula is C27H38F4N6O3. The van der Waals surface area contributed by atoms with Crippen molar-refractivity contribution in [2.75, 3.05) is 36.4 Å². The number of aromatic nitrogens is 2. The third-order valence-corrected chi connectivity index (χ3v) is 5.96. The summed E-state index contributed by atoms with van der Waals surface area (Å²) in [6, 6.07) is 3.87. The van der Waals surface area contributed by atoms with Gasteiger partial charge in [-0.2, -0.15) is 18.3 Å². The Labute approximate surface area is 231 Å². The lowest BCUT2D eigenvalue weighted by molar-refractivity contribution is -0.139. The number of hydrogen-bond donors (Lipinski definition) is 3. The van der Waals surface area contributed by atoms with Crippen molar-refractivity contribution in [3.8, 4) is 0 Å². The van der Waals surface area contributed by atoms with Gasteiger partial charge < -0.3 is 20.9 Å². The topological polar surface area (TPSA) is 108 Å². The summed E-state index contributed by atoms with van der Waals surface area (Å²) in [6.45, 7) is 8.65. The van der Waals surface area contributed by atoms with Crippen molar-refractivity contribution in [3.05, 3.63) is 41.5 Å². The Kier molecular flexibility index (Phi) is 11.9.